The normalized spacial score (nSPS) is 17.8. The molecule has 7 nitrogen and oxygen atoms in total. The maximum absolute atomic E-state index is 13.1. The fourth-order valence-corrected chi connectivity index (χ4v) is 4.00. The zero-order chi connectivity index (χ0) is 23.2. The molecule has 0 spiro atoms. The quantitative estimate of drug-likeness (QED) is 0.553. The van der Waals surface area contributed by atoms with Crippen LogP contribution in [0.2, 0.25) is 0 Å². The second-order valence-corrected chi connectivity index (χ2v) is 8.36. The number of likely N-dealkylation sites (N-methyl/N-ethyl adjacent to an activating group) is 1. The Morgan fingerprint density at radius 1 is 1.09 bits per heavy atom. The van der Waals surface area contributed by atoms with Gasteiger partial charge >= 0.3 is 0 Å². The van der Waals surface area contributed by atoms with Crippen molar-refractivity contribution in [2.45, 2.75) is 37.9 Å². The monoisotopic (exact) mass is 449 g/mol. The third-order valence-corrected chi connectivity index (χ3v) is 5.95. The Bertz CT molecular complexity index is 1130. The van der Waals surface area contributed by atoms with Crippen molar-refractivity contribution in [2.75, 3.05) is 13.6 Å². The van der Waals surface area contributed by atoms with Crippen LogP contribution in [-0.2, 0) is 11.3 Å². The van der Waals surface area contributed by atoms with E-state index in [0.29, 0.717) is 12.2 Å². The molecule has 3 aromatic rings. The Balaban J connectivity index is 1.26. The standard InChI is InChI=1S/C25H28FN5O2/c1-30(15-5-8-21-16-23(28-27-21)19-9-11-20(26)12-10-19)25(33)17-31-24(32)14-13-22(29-31)18-6-3-2-4-7-18/h2-4,6-7,9-14,21,23,27-28H,5,8,15-17H2,1H3. The van der Waals surface area contributed by atoms with Crippen molar-refractivity contribution in [1.82, 2.24) is 25.5 Å². The summed E-state index contributed by atoms with van der Waals surface area (Å²) in [7, 11) is 1.75. The second-order valence-electron chi connectivity index (χ2n) is 8.36. The summed E-state index contributed by atoms with van der Waals surface area (Å²) in [5.74, 6) is -0.394. The van der Waals surface area contributed by atoms with Crippen LogP contribution in [0, 0.1) is 5.82 Å². The first-order chi connectivity index (χ1) is 16.0. The van der Waals surface area contributed by atoms with Gasteiger partial charge in [0.05, 0.1) is 5.69 Å². The predicted octanol–water partition coefficient (Wildman–Crippen LogP) is 2.90. The summed E-state index contributed by atoms with van der Waals surface area (Å²) in [6.07, 6.45) is 2.61. The Labute approximate surface area is 192 Å². The van der Waals surface area contributed by atoms with Crippen LogP contribution >= 0.6 is 0 Å². The Morgan fingerprint density at radius 3 is 2.61 bits per heavy atom. The fourth-order valence-electron chi connectivity index (χ4n) is 4.00. The van der Waals surface area contributed by atoms with Crippen LogP contribution in [0.5, 0.6) is 0 Å². The fraction of sp³-hybridized carbons (Fsp3) is 0.320. The molecule has 2 heterocycles. The molecule has 0 radical (unpaired) electrons. The lowest BCUT2D eigenvalue weighted by Crippen LogP contribution is -2.36. The summed E-state index contributed by atoms with van der Waals surface area (Å²) in [5.41, 5.74) is 8.85. The zero-order valence-corrected chi connectivity index (χ0v) is 18.6. The maximum Gasteiger partial charge on any atom is 0.267 e. The number of amides is 1. The maximum atomic E-state index is 13.1. The van der Waals surface area contributed by atoms with Crippen molar-refractivity contribution < 1.29 is 9.18 Å². The lowest BCUT2D eigenvalue weighted by Gasteiger charge is -2.18. The van der Waals surface area contributed by atoms with Crippen LogP contribution < -0.4 is 16.4 Å². The smallest absolute Gasteiger partial charge is 0.267 e. The molecule has 1 aliphatic heterocycles. The van der Waals surface area contributed by atoms with E-state index in [0.717, 1.165) is 30.4 Å². The van der Waals surface area contributed by atoms with E-state index in [1.165, 1.54) is 22.9 Å². The topological polar surface area (TPSA) is 79.3 Å². The van der Waals surface area contributed by atoms with Crippen molar-refractivity contribution in [1.29, 1.82) is 0 Å². The van der Waals surface area contributed by atoms with E-state index in [4.69, 9.17) is 0 Å². The first-order valence-corrected chi connectivity index (χ1v) is 11.1. The summed E-state index contributed by atoms with van der Waals surface area (Å²) in [6, 6.07) is 19.6. The van der Waals surface area contributed by atoms with Crippen molar-refractivity contribution in [3.63, 3.8) is 0 Å². The Hall–Kier alpha value is -3.36. The molecular weight excluding hydrogens is 421 g/mol. The highest BCUT2D eigenvalue weighted by Gasteiger charge is 2.24. The van der Waals surface area contributed by atoms with Gasteiger partial charge in [-0.2, -0.15) is 5.10 Å². The number of aromatic nitrogens is 2. The van der Waals surface area contributed by atoms with E-state index in [2.05, 4.69) is 16.0 Å². The molecule has 0 bridgehead atoms. The van der Waals surface area contributed by atoms with E-state index in [1.54, 1.807) is 30.1 Å². The average Bonchev–Trinajstić information content (AvgIpc) is 3.30. The number of rotatable bonds is 8. The number of carbonyl (C=O) groups is 1. The van der Waals surface area contributed by atoms with Gasteiger partial charge in [0.15, 0.2) is 0 Å². The molecule has 1 aliphatic rings. The number of hydrogen-bond donors (Lipinski definition) is 2. The molecule has 172 valence electrons. The molecule has 33 heavy (non-hydrogen) atoms. The SMILES string of the molecule is CN(CCCC1CC(c2ccc(F)cc2)NN1)C(=O)Cn1nc(-c2ccccc2)ccc1=O. The third-order valence-electron chi connectivity index (χ3n) is 5.95. The second kappa shape index (κ2) is 10.5. The van der Waals surface area contributed by atoms with E-state index in [1.807, 2.05) is 30.3 Å². The Kier molecular flexibility index (Phi) is 7.26. The van der Waals surface area contributed by atoms with Crippen molar-refractivity contribution >= 4 is 5.91 Å². The number of carbonyl (C=O) groups excluding carboxylic acids is 1. The first kappa shape index (κ1) is 22.8. The minimum absolute atomic E-state index is 0.0914. The Morgan fingerprint density at radius 2 is 1.85 bits per heavy atom. The summed E-state index contributed by atoms with van der Waals surface area (Å²) in [5, 5.41) is 4.37. The highest BCUT2D eigenvalue weighted by Crippen LogP contribution is 2.24. The van der Waals surface area contributed by atoms with Crippen molar-refractivity contribution in [2.24, 2.45) is 0 Å². The molecule has 1 aromatic heterocycles. The summed E-state index contributed by atoms with van der Waals surface area (Å²) < 4.78 is 14.3. The van der Waals surface area contributed by atoms with E-state index in [9.17, 15) is 14.0 Å². The molecule has 2 unspecified atom stereocenters. The molecule has 1 fully saturated rings. The predicted molar refractivity (Wildman–Crippen MR) is 125 cm³/mol. The van der Waals surface area contributed by atoms with Gasteiger partial charge in [-0.1, -0.05) is 42.5 Å². The summed E-state index contributed by atoms with van der Waals surface area (Å²) >= 11 is 0. The molecule has 2 atom stereocenters. The van der Waals surface area contributed by atoms with Crippen LogP contribution in [0.25, 0.3) is 11.3 Å². The van der Waals surface area contributed by atoms with E-state index in [-0.39, 0.29) is 35.9 Å². The van der Waals surface area contributed by atoms with Gasteiger partial charge in [-0.3, -0.25) is 20.4 Å². The third kappa shape index (κ3) is 5.91. The number of nitrogens with zero attached hydrogens (tertiary/aromatic N) is 3. The average molecular weight is 450 g/mol. The number of halogens is 1. The number of nitrogens with one attached hydrogen (secondary N) is 2. The molecule has 1 saturated heterocycles. The van der Waals surface area contributed by atoms with Gasteiger partial charge in [0.1, 0.15) is 12.4 Å². The molecule has 2 aromatic carbocycles. The van der Waals surface area contributed by atoms with Gasteiger partial charge in [-0.25, -0.2) is 9.07 Å². The van der Waals surface area contributed by atoms with Crippen LogP contribution in [0.4, 0.5) is 4.39 Å². The number of hydrogen-bond acceptors (Lipinski definition) is 5. The summed E-state index contributed by atoms with van der Waals surface area (Å²) in [6.45, 7) is 0.497. The lowest BCUT2D eigenvalue weighted by molar-refractivity contribution is -0.130. The van der Waals surface area contributed by atoms with Gasteiger partial charge < -0.3 is 4.90 Å². The van der Waals surface area contributed by atoms with Gasteiger partial charge in [0, 0.05) is 37.3 Å². The lowest BCUT2D eigenvalue weighted by atomic mass is 9.99. The van der Waals surface area contributed by atoms with Crippen LogP contribution in [-0.4, -0.2) is 40.2 Å². The number of benzene rings is 2. The van der Waals surface area contributed by atoms with Gasteiger partial charge in [-0.15, -0.1) is 0 Å². The molecule has 0 saturated carbocycles. The van der Waals surface area contributed by atoms with Crippen molar-refractivity contribution in [3.8, 4) is 11.3 Å². The van der Waals surface area contributed by atoms with Gasteiger partial charge in [0.2, 0.25) is 5.91 Å². The van der Waals surface area contributed by atoms with E-state index >= 15 is 0 Å². The molecule has 8 heteroatoms. The molecule has 4 rings (SSSR count). The minimum Gasteiger partial charge on any atom is -0.344 e. The molecule has 0 aliphatic carbocycles. The summed E-state index contributed by atoms with van der Waals surface area (Å²) in [4.78, 5) is 26.5. The number of hydrazine groups is 1. The highest BCUT2D eigenvalue weighted by atomic mass is 19.1. The van der Waals surface area contributed by atoms with Crippen LogP contribution in [0.1, 0.15) is 30.9 Å². The van der Waals surface area contributed by atoms with Gasteiger partial charge in [-0.05, 0) is 43.0 Å². The molecular formula is C25H28FN5O2. The largest absolute Gasteiger partial charge is 0.344 e. The minimum atomic E-state index is -0.301. The molecule has 2 N–H and O–H groups in total. The van der Waals surface area contributed by atoms with Gasteiger partial charge in [0.25, 0.3) is 5.56 Å². The van der Waals surface area contributed by atoms with Crippen LogP contribution in [0.15, 0.2) is 71.5 Å². The highest BCUT2D eigenvalue weighted by molar-refractivity contribution is 5.75. The zero-order valence-electron chi connectivity index (χ0n) is 18.6. The van der Waals surface area contributed by atoms with Crippen molar-refractivity contribution in [3.05, 3.63) is 88.5 Å². The molecule has 1 amide bonds. The van der Waals surface area contributed by atoms with E-state index < -0.39 is 0 Å². The first-order valence-electron chi connectivity index (χ1n) is 11.1. The van der Waals surface area contributed by atoms with Crippen LogP contribution in [0.3, 0.4) is 0 Å².